The van der Waals surface area contributed by atoms with Crippen molar-refractivity contribution in [3.8, 4) is 5.75 Å². The summed E-state index contributed by atoms with van der Waals surface area (Å²) in [4.78, 5) is 0. The van der Waals surface area contributed by atoms with Gasteiger partial charge in [0.2, 0.25) is 0 Å². The monoisotopic (exact) mass is 327 g/mol. The van der Waals surface area contributed by atoms with E-state index in [1.165, 1.54) is 12.8 Å². The van der Waals surface area contributed by atoms with Crippen molar-refractivity contribution in [3.63, 3.8) is 0 Å². The SMILES string of the molecule is COc1ccc(Br)cc1CNC1CCCCCC1O. The molecule has 2 unspecified atom stereocenters. The number of hydrogen-bond acceptors (Lipinski definition) is 3. The zero-order chi connectivity index (χ0) is 13.7. The fourth-order valence-corrected chi connectivity index (χ4v) is 3.06. The Hall–Kier alpha value is -0.580. The number of nitrogens with one attached hydrogen (secondary N) is 1. The van der Waals surface area contributed by atoms with Crippen LogP contribution in [0.3, 0.4) is 0 Å². The maximum Gasteiger partial charge on any atom is 0.123 e. The molecular weight excluding hydrogens is 306 g/mol. The maximum atomic E-state index is 10.1. The van der Waals surface area contributed by atoms with Crippen LogP contribution in [0.5, 0.6) is 5.75 Å². The largest absolute Gasteiger partial charge is 0.496 e. The van der Waals surface area contributed by atoms with Gasteiger partial charge in [-0.25, -0.2) is 0 Å². The number of rotatable bonds is 4. The van der Waals surface area contributed by atoms with Crippen LogP contribution in [0.1, 0.15) is 37.7 Å². The van der Waals surface area contributed by atoms with Crippen LogP contribution in [-0.2, 0) is 6.54 Å². The molecule has 0 radical (unpaired) electrons. The zero-order valence-corrected chi connectivity index (χ0v) is 12.9. The lowest BCUT2D eigenvalue weighted by Crippen LogP contribution is -2.38. The van der Waals surface area contributed by atoms with Crippen molar-refractivity contribution in [2.24, 2.45) is 0 Å². The number of aliphatic hydroxyl groups excluding tert-OH is 1. The summed E-state index contributed by atoms with van der Waals surface area (Å²) in [7, 11) is 1.69. The molecule has 0 saturated heterocycles. The molecule has 1 aliphatic carbocycles. The van der Waals surface area contributed by atoms with E-state index in [0.717, 1.165) is 41.6 Å². The molecule has 0 aromatic heterocycles. The van der Waals surface area contributed by atoms with Crippen LogP contribution in [-0.4, -0.2) is 24.4 Å². The first kappa shape index (κ1) is 14.8. The fraction of sp³-hybridized carbons (Fsp3) is 0.600. The fourth-order valence-electron chi connectivity index (χ4n) is 2.65. The number of ether oxygens (including phenoxy) is 1. The number of benzene rings is 1. The molecule has 3 nitrogen and oxygen atoms in total. The third-order valence-corrected chi connectivity index (χ3v) is 4.27. The minimum atomic E-state index is -0.222. The molecule has 2 N–H and O–H groups in total. The highest BCUT2D eigenvalue weighted by Gasteiger charge is 2.21. The molecule has 0 bridgehead atoms. The second-order valence-corrected chi connectivity index (χ2v) is 6.06. The summed E-state index contributed by atoms with van der Waals surface area (Å²) in [5.74, 6) is 0.888. The second-order valence-electron chi connectivity index (χ2n) is 5.15. The van der Waals surface area contributed by atoms with Gasteiger partial charge in [0.15, 0.2) is 0 Å². The summed E-state index contributed by atoms with van der Waals surface area (Å²) in [6, 6.07) is 6.20. The lowest BCUT2D eigenvalue weighted by atomic mass is 10.1. The van der Waals surface area contributed by atoms with Gasteiger partial charge in [-0.2, -0.15) is 0 Å². The summed E-state index contributed by atoms with van der Waals surface area (Å²) < 4.78 is 6.42. The highest BCUT2D eigenvalue weighted by Crippen LogP contribution is 2.24. The van der Waals surface area contributed by atoms with Crippen LogP contribution in [0.25, 0.3) is 0 Å². The van der Waals surface area contributed by atoms with E-state index >= 15 is 0 Å². The number of aliphatic hydroxyl groups is 1. The first-order valence-electron chi connectivity index (χ1n) is 6.94. The first-order valence-corrected chi connectivity index (χ1v) is 7.74. The third kappa shape index (κ3) is 4.20. The predicted molar refractivity (Wildman–Crippen MR) is 80.4 cm³/mol. The molecule has 1 aliphatic rings. The van der Waals surface area contributed by atoms with Crippen LogP contribution in [0, 0.1) is 0 Å². The van der Waals surface area contributed by atoms with Gasteiger partial charge in [-0.3, -0.25) is 0 Å². The lowest BCUT2D eigenvalue weighted by molar-refractivity contribution is 0.119. The number of halogens is 1. The molecule has 19 heavy (non-hydrogen) atoms. The molecule has 2 atom stereocenters. The summed E-state index contributed by atoms with van der Waals surface area (Å²) in [5.41, 5.74) is 1.12. The third-order valence-electron chi connectivity index (χ3n) is 3.78. The van der Waals surface area contributed by atoms with Crippen LogP contribution in [0.2, 0.25) is 0 Å². The van der Waals surface area contributed by atoms with Crippen molar-refractivity contribution >= 4 is 15.9 Å². The van der Waals surface area contributed by atoms with Crippen molar-refractivity contribution in [1.82, 2.24) is 5.32 Å². The van der Waals surface area contributed by atoms with Crippen LogP contribution >= 0.6 is 15.9 Å². The minimum absolute atomic E-state index is 0.200. The van der Waals surface area contributed by atoms with Crippen molar-refractivity contribution in [1.29, 1.82) is 0 Å². The standard InChI is InChI=1S/C15H22BrNO2/c1-19-15-8-7-12(16)9-11(15)10-17-13-5-3-2-4-6-14(13)18/h7-9,13-14,17-18H,2-6,10H2,1H3. The van der Waals surface area contributed by atoms with E-state index in [0.29, 0.717) is 0 Å². The Morgan fingerprint density at radius 2 is 2.11 bits per heavy atom. The van der Waals surface area contributed by atoms with E-state index < -0.39 is 0 Å². The van der Waals surface area contributed by atoms with Crippen molar-refractivity contribution < 1.29 is 9.84 Å². The zero-order valence-electron chi connectivity index (χ0n) is 11.4. The molecule has 106 valence electrons. The quantitative estimate of drug-likeness (QED) is 0.834. The molecule has 1 fully saturated rings. The Bertz CT molecular complexity index is 411. The second kappa shape index (κ2) is 7.27. The summed E-state index contributed by atoms with van der Waals surface area (Å²) in [5, 5.41) is 13.6. The molecule has 2 rings (SSSR count). The van der Waals surface area contributed by atoms with Gasteiger partial charge in [0, 0.05) is 22.6 Å². The van der Waals surface area contributed by atoms with Crippen LogP contribution in [0.15, 0.2) is 22.7 Å². The van der Waals surface area contributed by atoms with Crippen LogP contribution in [0.4, 0.5) is 0 Å². The molecule has 1 saturated carbocycles. The highest BCUT2D eigenvalue weighted by molar-refractivity contribution is 9.10. The van der Waals surface area contributed by atoms with Gasteiger partial charge >= 0.3 is 0 Å². The normalized spacial score (nSPS) is 23.9. The maximum absolute atomic E-state index is 10.1. The van der Waals surface area contributed by atoms with Crippen LogP contribution < -0.4 is 10.1 Å². The summed E-state index contributed by atoms with van der Waals surface area (Å²) >= 11 is 3.48. The average Bonchev–Trinajstić information content (AvgIpc) is 2.61. The number of methoxy groups -OCH3 is 1. The molecule has 0 amide bonds. The van der Waals surface area contributed by atoms with Gasteiger partial charge in [0.1, 0.15) is 5.75 Å². The van der Waals surface area contributed by atoms with Gasteiger partial charge in [0.25, 0.3) is 0 Å². The van der Waals surface area contributed by atoms with E-state index in [4.69, 9.17) is 4.74 Å². The first-order chi connectivity index (χ1) is 9.20. The molecule has 4 heteroatoms. The topological polar surface area (TPSA) is 41.5 Å². The molecular formula is C15H22BrNO2. The van der Waals surface area contributed by atoms with E-state index in [1.807, 2.05) is 12.1 Å². The summed E-state index contributed by atoms with van der Waals surface area (Å²) in [6.45, 7) is 0.727. The molecule has 0 aliphatic heterocycles. The molecule has 0 spiro atoms. The Morgan fingerprint density at radius 3 is 2.89 bits per heavy atom. The molecule has 1 aromatic carbocycles. The smallest absolute Gasteiger partial charge is 0.123 e. The molecule has 0 heterocycles. The Morgan fingerprint density at radius 1 is 1.32 bits per heavy atom. The Labute approximate surface area is 123 Å². The van der Waals surface area contributed by atoms with E-state index in [2.05, 4.69) is 27.3 Å². The lowest BCUT2D eigenvalue weighted by Gasteiger charge is -2.22. The van der Waals surface area contributed by atoms with Crippen molar-refractivity contribution in [2.45, 2.75) is 50.8 Å². The van der Waals surface area contributed by atoms with E-state index in [-0.39, 0.29) is 12.1 Å². The van der Waals surface area contributed by atoms with E-state index in [1.54, 1.807) is 7.11 Å². The summed E-state index contributed by atoms with van der Waals surface area (Å²) in [6.07, 6.45) is 5.31. The number of hydrogen-bond donors (Lipinski definition) is 2. The van der Waals surface area contributed by atoms with Gasteiger partial charge in [0.05, 0.1) is 13.2 Å². The van der Waals surface area contributed by atoms with Gasteiger partial charge < -0.3 is 15.2 Å². The van der Waals surface area contributed by atoms with Crippen molar-refractivity contribution in [2.75, 3.05) is 7.11 Å². The van der Waals surface area contributed by atoms with E-state index in [9.17, 15) is 5.11 Å². The van der Waals surface area contributed by atoms with Gasteiger partial charge in [-0.1, -0.05) is 35.2 Å². The predicted octanol–water partition coefficient (Wildman–Crippen LogP) is 3.24. The Balaban J connectivity index is 1.99. The van der Waals surface area contributed by atoms with Gasteiger partial charge in [-0.05, 0) is 31.0 Å². The average molecular weight is 328 g/mol. The van der Waals surface area contributed by atoms with Crippen molar-refractivity contribution in [3.05, 3.63) is 28.2 Å². The molecule has 1 aromatic rings. The Kier molecular flexibility index (Phi) is 5.67. The minimum Gasteiger partial charge on any atom is -0.496 e. The van der Waals surface area contributed by atoms with Gasteiger partial charge in [-0.15, -0.1) is 0 Å². The highest BCUT2D eigenvalue weighted by atomic mass is 79.9.